The van der Waals surface area contributed by atoms with Gasteiger partial charge in [0.15, 0.2) is 0 Å². The summed E-state index contributed by atoms with van der Waals surface area (Å²) < 4.78 is 0. The van der Waals surface area contributed by atoms with Crippen molar-refractivity contribution in [2.24, 2.45) is 0 Å². The minimum atomic E-state index is 0.322. The molecule has 1 heteroatoms. The number of phenols is 1. The molecule has 1 rings (SSSR count). The van der Waals surface area contributed by atoms with Crippen molar-refractivity contribution < 1.29 is 5.11 Å². The minimum Gasteiger partial charge on any atom is -0.508 e. The Kier molecular flexibility index (Phi) is 14.2. The van der Waals surface area contributed by atoms with Crippen molar-refractivity contribution in [2.45, 2.75) is 13.8 Å². The third-order valence-electron chi connectivity index (χ3n) is 0.756. The van der Waals surface area contributed by atoms with E-state index in [4.69, 9.17) is 5.11 Å². The summed E-state index contributed by atoms with van der Waals surface area (Å²) in [6.45, 7) is 10.5. The molecule has 72 valence electrons. The molecule has 0 radical (unpaired) electrons. The van der Waals surface area contributed by atoms with E-state index in [0.29, 0.717) is 5.75 Å². The SMILES string of the molecule is C=CC.C=CC.Oc1ccccc1. The van der Waals surface area contributed by atoms with Crippen molar-refractivity contribution in [3.63, 3.8) is 0 Å². The van der Waals surface area contributed by atoms with Crippen LogP contribution >= 0.6 is 0 Å². The van der Waals surface area contributed by atoms with Crippen LogP contribution in [0.2, 0.25) is 0 Å². The number of hydrogen-bond acceptors (Lipinski definition) is 1. The highest BCUT2D eigenvalue weighted by Crippen LogP contribution is 2.02. The Bertz CT molecular complexity index is 196. The van der Waals surface area contributed by atoms with Gasteiger partial charge >= 0.3 is 0 Å². The minimum absolute atomic E-state index is 0.322. The molecule has 0 saturated heterocycles. The fourth-order valence-electron chi connectivity index (χ4n) is 0.428. The van der Waals surface area contributed by atoms with Crippen LogP contribution < -0.4 is 0 Å². The molecule has 13 heavy (non-hydrogen) atoms. The van der Waals surface area contributed by atoms with Gasteiger partial charge in [-0.2, -0.15) is 0 Å². The highest BCUT2D eigenvalue weighted by atomic mass is 16.3. The van der Waals surface area contributed by atoms with Gasteiger partial charge in [-0.25, -0.2) is 0 Å². The molecule has 0 heterocycles. The molecule has 0 aliphatic carbocycles. The fourth-order valence-corrected chi connectivity index (χ4v) is 0.428. The Morgan fingerprint density at radius 3 is 1.46 bits per heavy atom. The Labute approximate surface area is 81.0 Å². The summed E-state index contributed by atoms with van der Waals surface area (Å²) >= 11 is 0. The van der Waals surface area contributed by atoms with Gasteiger partial charge < -0.3 is 5.11 Å². The van der Waals surface area contributed by atoms with Gasteiger partial charge in [0, 0.05) is 0 Å². The van der Waals surface area contributed by atoms with E-state index in [1.165, 1.54) is 0 Å². The van der Waals surface area contributed by atoms with E-state index in [1.54, 1.807) is 36.4 Å². The molecule has 0 bridgehead atoms. The van der Waals surface area contributed by atoms with Crippen LogP contribution in [0.25, 0.3) is 0 Å². The average molecular weight is 178 g/mol. The first-order valence-corrected chi connectivity index (χ1v) is 4.11. The lowest BCUT2D eigenvalue weighted by atomic mass is 10.3. The number of rotatable bonds is 0. The third kappa shape index (κ3) is 18.0. The van der Waals surface area contributed by atoms with Crippen LogP contribution in [-0.2, 0) is 0 Å². The summed E-state index contributed by atoms with van der Waals surface area (Å²) in [6.07, 6.45) is 3.50. The first kappa shape index (κ1) is 14.0. The summed E-state index contributed by atoms with van der Waals surface area (Å²) in [4.78, 5) is 0. The molecule has 0 aliphatic rings. The van der Waals surface area contributed by atoms with Gasteiger partial charge in [0.1, 0.15) is 5.75 Å². The monoisotopic (exact) mass is 178 g/mol. The molecule has 1 nitrogen and oxygen atoms in total. The average Bonchev–Trinajstić information content (AvgIpc) is 2.08. The van der Waals surface area contributed by atoms with Gasteiger partial charge in [0.25, 0.3) is 0 Å². The molecule has 0 unspecified atom stereocenters. The second kappa shape index (κ2) is 13.1. The molecular weight excluding hydrogens is 160 g/mol. The maximum Gasteiger partial charge on any atom is 0.115 e. The van der Waals surface area contributed by atoms with Crippen LogP contribution in [0.4, 0.5) is 0 Å². The van der Waals surface area contributed by atoms with Crippen LogP contribution in [0.5, 0.6) is 5.75 Å². The predicted molar refractivity (Wildman–Crippen MR) is 59.8 cm³/mol. The van der Waals surface area contributed by atoms with Crippen molar-refractivity contribution in [3.8, 4) is 5.75 Å². The van der Waals surface area contributed by atoms with Gasteiger partial charge in [-0.3, -0.25) is 0 Å². The van der Waals surface area contributed by atoms with Gasteiger partial charge in [-0.05, 0) is 26.0 Å². The van der Waals surface area contributed by atoms with Crippen LogP contribution in [0.3, 0.4) is 0 Å². The lowest BCUT2D eigenvalue weighted by Crippen LogP contribution is -1.56. The first-order valence-electron chi connectivity index (χ1n) is 4.11. The van der Waals surface area contributed by atoms with Crippen LogP contribution in [0.15, 0.2) is 55.6 Å². The molecular formula is C12H18O. The zero-order chi connectivity index (χ0) is 10.5. The van der Waals surface area contributed by atoms with Crippen molar-refractivity contribution >= 4 is 0 Å². The quantitative estimate of drug-likeness (QED) is 0.599. The molecule has 0 aliphatic heterocycles. The highest BCUT2D eigenvalue weighted by Gasteiger charge is 1.74. The molecule has 1 aromatic rings. The lowest BCUT2D eigenvalue weighted by Gasteiger charge is -1.82. The predicted octanol–water partition coefficient (Wildman–Crippen LogP) is 3.78. The Balaban J connectivity index is 0. The highest BCUT2D eigenvalue weighted by molar-refractivity contribution is 5.18. The number of allylic oxidation sites excluding steroid dienone is 2. The molecule has 0 atom stereocenters. The molecule has 1 N–H and O–H groups in total. The van der Waals surface area contributed by atoms with Gasteiger partial charge in [0.2, 0.25) is 0 Å². The van der Waals surface area contributed by atoms with E-state index < -0.39 is 0 Å². The number of hydrogen-bond donors (Lipinski definition) is 1. The molecule has 1 aromatic carbocycles. The van der Waals surface area contributed by atoms with Gasteiger partial charge in [0.05, 0.1) is 0 Å². The van der Waals surface area contributed by atoms with E-state index in [0.717, 1.165) is 0 Å². The molecule has 0 spiro atoms. The number of phenolic OH excluding ortho intramolecular Hbond substituents is 1. The molecule has 0 aromatic heterocycles. The van der Waals surface area contributed by atoms with Crippen LogP contribution in [0, 0.1) is 0 Å². The Morgan fingerprint density at radius 2 is 1.31 bits per heavy atom. The number of aromatic hydroxyl groups is 1. The van der Waals surface area contributed by atoms with E-state index in [2.05, 4.69) is 13.2 Å². The summed E-state index contributed by atoms with van der Waals surface area (Å²) in [5.41, 5.74) is 0. The van der Waals surface area contributed by atoms with Crippen molar-refractivity contribution in [2.75, 3.05) is 0 Å². The van der Waals surface area contributed by atoms with Gasteiger partial charge in [-0.1, -0.05) is 30.4 Å². The van der Waals surface area contributed by atoms with Crippen LogP contribution in [0.1, 0.15) is 13.8 Å². The lowest BCUT2D eigenvalue weighted by molar-refractivity contribution is 0.475. The van der Waals surface area contributed by atoms with E-state index >= 15 is 0 Å². The van der Waals surface area contributed by atoms with Crippen molar-refractivity contribution in [3.05, 3.63) is 55.6 Å². The second-order valence-corrected chi connectivity index (χ2v) is 2.15. The van der Waals surface area contributed by atoms with Crippen molar-refractivity contribution in [1.29, 1.82) is 0 Å². The number of para-hydroxylation sites is 1. The Hall–Kier alpha value is -1.50. The first-order chi connectivity index (χ1) is 6.22. The molecule has 0 amide bonds. The normalized spacial score (nSPS) is 6.62. The molecule has 0 saturated carbocycles. The van der Waals surface area contributed by atoms with Crippen LogP contribution in [-0.4, -0.2) is 5.11 Å². The largest absolute Gasteiger partial charge is 0.508 e. The topological polar surface area (TPSA) is 20.2 Å². The maximum absolute atomic E-state index is 8.63. The van der Waals surface area contributed by atoms with Crippen molar-refractivity contribution in [1.82, 2.24) is 0 Å². The summed E-state index contributed by atoms with van der Waals surface area (Å²) in [6, 6.07) is 8.71. The standard InChI is InChI=1S/C6H6O.2C3H6/c7-6-4-2-1-3-5-6;2*1-3-2/h1-5,7H;2*3H,1H2,2H3. The zero-order valence-electron chi connectivity index (χ0n) is 8.40. The molecule has 0 fully saturated rings. The maximum atomic E-state index is 8.63. The smallest absolute Gasteiger partial charge is 0.115 e. The summed E-state index contributed by atoms with van der Waals surface area (Å²) in [5.74, 6) is 0.322. The summed E-state index contributed by atoms with van der Waals surface area (Å²) in [5, 5.41) is 8.63. The van der Waals surface area contributed by atoms with E-state index in [-0.39, 0.29) is 0 Å². The second-order valence-electron chi connectivity index (χ2n) is 2.15. The van der Waals surface area contributed by atoms with E-state index in [9.17, 15) is 0 Å². The third-order valence-corrected chi connectivity index (χ3v) is 0.756. The fraction of sp³-hybridized carbons (Fsp3) is 0.167. The number of benzene rings is 1. The van der Waals surface area contributed by atoms with E-state index in [1.807, 2.05) is 19.9 Å². The summed E-state index contributed by atoms with van der Waals surface area (Å²) in [7, 11) is 0. The Morgan fingerprint density at radius 1 is 1.00 bits per heavy atom. The van der Waals surface area contributed by atoms with Gasteiger partial charge in [-0.15, -0.1) is 13.2 Å². The zero-order valence-corrected chi connectivity index (χ0v) is 8.40.